The van der Waals surface area contributed by atoms with E-state index in [4.69, 9.17) is 9.47 Å². The Morgan fingerprint density at radius 3 is 1.52 bits per heavy atom. The van der Waals surface area contributed by atoms with Crippen LogP contribution in [0.3, 0.4) is 0 Å². The van der Waals surface area contributed by atoms with Gasteiger partial charge in [-0.1, -0.05) is 66.2 Å². The average Bonchev–Trinajstić information content (AvgIpc) is 2.62. The Kier molecular flexibility index (Phi) is 15.3. The van der Waals surface area contributed by atoms with Crippen molar-refractivity contribution in [1.29, 1.82) is 0 Å². The molecular formula is C21H38O4. The second-order valence-electron chi connectivity index (χ2n) is 6.50. The van der Waals surface area contributed by atoms with E-state index in [2.05, 4.69) is 6.92 Å². The minimum atomic E-state index is -0.349. The molecule has 0 unspecified atom stereocenters. The second-order valence-corrected chi connectivity index (χ2v) is 6.50. The molecule has 0 aromatic carbocycles. The van der Waals surface area contributed by atoms with Crippen molar-refractivity contribution in [3.05, 3.63) is 11.1 Å². The van der Waals surface area contributed by atoms with Crippen molar-refractivity contribution < 1.29 is 19.1 Å². The Balaban J connectivity index is 5.04. The minimum Gasteiger partial charge on any atom is -0.462 e. The smallest absolute Gasteiger partial charge is 0.334 e. The van der Waals surface area contributed by atoms with Gasteiger partial charge in [-0.15, -0.1) is 0 Å². The van der Waals surface area contributed by atoms with Crippen molar-refractivity contribution in [1.82, 2.24) is 0 Å². The van der Waals surface area contributed by atoms with E-state index in [1.54, 1.807) is 0 Å². The van der Waals surface area contributed by atoms with Crippen LogP contribution in [0.25, 0.3) is 0 Å². The molecule has 0 aliphatic heterocycles. The van der Waals surface area contributed by atoms with Crippen LogP contribution in [0.4, 0.5) is 0 Å². The molecule has 4 heteroatoms. The van der Waals surface area contributed by atoms with Gasteiger partial charge in [-0.25, -0.2) is 9.59 Å². The molecule has 0 bridgehead atoms. The van der Waals surface area contributed by atoms with Crippen LogP contribution < -0.4 is 0 Å². The lowest BCUT2D eigenvalue weighted by molar-refractivity contribution is -0.142. The highest BCUT2D eigenvalue weighted by Crippen LogP contribution is 2.21. The maximum Gasteiger partial charge on any atom is 0.334 e. The minimum absolute atomic E-state index is 0.340. The van der Waals surface area contributed by atoms with Crippen LogP contribution in [0.5, 0.6) is 0 Å². The van der Waals surface area contributed by atoms with Gasteiger partial charge in [0.05, 0.1) is 13.2 Å². The van der Waals surface area contributed by atoms with Gasteiger partial charge in [0.2, 0.25) is 0 Å². The predicted octanol–water partition coefficient (Wildman–Crippen LogP) is 5.74. The van der Waals surface area contributed by atoms with Gasteiger partial charge in [0.25, 0.3) is 0 Å². The highest BCUT2D eigenvalue weighted by atomic mass is 16.5. The van der Waals surface area contributed by atoms with Crippen LogP contribution in [0.15, 0.2) is 11.1 Å². The molecule has 0 fully saturated rings. The molecule has 0 atom stereocenters. The number of carbonyl (C=O) groups is 2. The quantitative estimate of drug-likeness (QED) is 0.214. The summed E-state index contributed by atoms with van der Waals surface area (Å²) >= 11 is 0. The van der Waals surface area contributed by atoms with E-state index in [9.17, 15) is 9.59 Å². The average molecular weight is 355 g/mol. The van der Waals surface area contributed by atoms with Crippen LogP contribution in [0.1, 0.15) is 98.3 Å². The van der Waals surface area contributed by atoms with Crippen molar-refractivity contribution in [2.75, 3.05) is 13.2 Å². The van der Waals surface area contributed by atoms with E-state index >= 15 is 0 Å². The Morgan fingerprint density at radius 2 is 1.04 bits per heavy atom. The molecule has 0 saturated carbocycles. The molecule has 0 heterocycles. The van der Waals surface area contributed by atoms with Crippen LogP contribution in [0, 0.1) is 0 Å². The summed E-state index contributed by atoms with van der Waals surface area (Å²) in [5, 5.41) is 0. The molecule has 0 amide bonds. The maximum absolute atomic E-state index is 12.5. The zero-order valence-corrected chi connectivity index (χ0v) is 16.8. The summed E-state index contributed by atoms with van der Waals surface area (Å²) in [5.74, 6) is -0.689. The van der Waals surface area contributed by atoms with Gasteiger partial charge >= 0.3 is 11.9 Å². The Labute approximate surface area is 154 Å². The van der Waals surface area contributed by atoms with E-state index in [-0.39, 0.29) is 11.9 Å². The fraction of sp³-hybridized carbons (Fsp3) is 0.810. The molecule has 0 spiro atoms. The standard InChI is InChI=1S/C21H38O4/c1-5-9-10-11-12-13-15-19(21(23)25-17-8-4)18(14-6-2)20(22)24-16-7-3/h5-17H2,1-4H3. The van der Waals surface area contributed by atoms with Gasteiger partial charge in [-0.05, 0) is 32.1 Å². The fourth-order valence-electron chi connectivity index (χ4n) is 2.65. The van der Waals surface area contributed by atoms with E-state index in [1.807, 2.05) is 20.8 Å². The van der Waals surface area contributed by atoms with Gasteiger partial charge < -0.3 is 9.47 Å². The molecule has 0 N–H and O–H groups in total. The lowest BCUT2D eigenvalue weighted by atomic mass is 9.97. The zero-order valence-electron chi connectivity index (χ0n) is 16.8. The van der Waals surface area contributed by atoms with Crippen molar-refractivity contribution in [2.24, 2.45) is 0 Å². The van der Waals surface area contributed by atoms with Crippen molar-refractivity contribution in [3.63, 3.8) is 0 Å². The molecule has 0 aromatic rings. The largest absolute Gasteiger partial charge is 0.462 e. The molecule has 0 saturated heterocycles. The van der Waals surface area contributed by atoms with Crippen LogP contribution >= 0.6 is 0 Å². The Morgan fingerprint density at radius 1 is 0.560 bits per heavy atom. The molecule has 0 radical (unpaired) electrons. The molecule has 25 heavy (non-hydrogen) atoms. The van der Waals surface area contributed by atoms with Gasteiger partial charge in [-0.3, -0.25) is 0 Å². The first-order chi connectivity index (χ1) is 12.1. The normalized spacial score (nSPS) is 11.8. The summed E-state index contributed by atoms with van der Waals surface area (Å²) in [6, 6.07) is 0. The Bertz CT molecular complexity index is 399. The van der Waals surface area contributed by atoms with Gasteiger partial charge in [-0.2, -0.15) is 0 Å². The molecule has 0 rings (SSSR count). The lowest BCUT2D eigenvalue weighted by Gasteiger charge is -2.14. The summed E-state index contributed by atoms with van der Waals surface area (Å²) in [7, 11) is 0. The number of esters is 2. The van der Waals surface area contributed by atoms with Crippen molar-refractivity contribution in [2.45, 2.75) is 98.3 Å². The number of unbranched alkanes of at least 4 members (excludes halogenated alkanes) is 5. The number of hydrogen-bond acceptors (Lipinski definition) is 4. The topological polar surface area (TPSA) is 52.6 Å². The van der Waals surface area contributed by atoms with E-state index in [0.717, 1.165) is 32.1 Å². The van der Waals surface area contributed by atoms with Crippen molar-refractivity contribution in [3.8, 4) is 0 Å². The van der Waals surface area contributed by atoms with Crippen molar-refractivity contribution >= 4 is 11.9 Å². The third-order valence-electron chi connectivity index (χ3n) is 4.01. The highest BCUT2D eigenvalue weighted by Gasteiger charge is 2.22. The summed E-state index contributed by atoms with van der Waals surface area (Å²) in [6.45, 7) is 8.91. The van der Waals surface area contributed by atoms with E-state index in [0.29, 0.717) is 37.2 Å². The third-order valence-corrected chi connectivity index (χ3v) is 4.01. The van der Waals surface area contributed by atoms with Crippen LogP contribution in [0.2, 0.25) is 0 Å². The molecule has 146 valence electrons. The zero-order chi connectivity index (χ0) is 18.9. The SMILES string of the molecule is CCCCCCCCC(C(=O)OCCC)=C(CCC)C(=O)OCCC. The summed E-state index contributed by atoms with van der Waals surface area (Å²) in [6.07, 6.45) is 10.4. The summed E-state index contributed by atoms with van der Waals surface area (Å²) in [5.41, 5.74) is 1.05. The summed E-state index contributed by atoms with van der Waals surface area (Å²) < 4.78 is 10.6. The number of ether oxygens (including phenoxy) is 2. The number of rotatable bonds is 15. The first kappa shape index (κ1) is 23.7. The monoisotopic (exact) mass is 354 g/mol. The Hall–Kier alpha value is -1.32. The molecular weight excluding hydrogens is 316 g/mol. The van der Waals surface area contributed by atoms with Crippen LogP contribution in [-0.4, -0.2) is 25.2 Å². The lowest BCUT2D eigenvalue weighted by Crippen LogP contribution is -2.17. The number of carbonyl (C=O) groups excluding carboxylic acids is 2. The summed E-state index contributed by atoms with van der Waals surface area (Å²) in [4.78, 5) is 24.9. The van der Waals surface area contributed by atoms with Crippen LogP contribution in [-0.2, 0) is 19.1 Å². The van der Waals surface area contributed by atoms with Gasteiger partial charge in [0.1, 0.15) is 0 Å². The first-order valence-corrected chi connectivity index (χ1v) is 10.2. The molecule has 4 nitrogen and oxygen atoms in total. The van der Waals surface area contributed by atoms with Gasteiger partial charge in [0.15, 0.2) is 0 Å². The van der Waals surface area contributed by atoms with Gasteiger partial charge in [0, 0.05) is 11.1 Å². The predicted molar refractivity (Wildman–Crippen MR) is 102 cm³/mol. The molecule has 0 aliphatic rings. The fourth-order valence-corrected chi connectivity index (χ4v) is 2.65. The maximum atomic E-state index is 12.5. The first-order valence-electron chi connectivity index (χ1n) is 10.2. The molecule has 0 aromatic heterocycles. The highest BCUT2D eigenvalue weighted by molar-refractivity contribution is 6.00. The third kappa shape index (κ3) is 11.0. The van der Waals surface area contributed by atoms with E-state index in [1.165, 1.54) is 25.7 Å². The molecule has 0 aliphatic carbocycles. The number of hydrogen-bond donors (Lipinski definition) is 0. The van der Waals surface area contributed by atoms with E-state index < -0.39 is 0 Å². The second kappa shape index (κ2) is 16.2.